The number of alkyl carbamates (subject to hydrolysis) is 1. The van der Waals surface area contributed by atoms with Crippen LogP contribution >= 0.6 is 0 Å². The zero-order valence-electron chi connectivity index (χ0n) is 15.7. The first-order chi connectivity index (χ1) is 12.6. The average Bonchev–Trinajstić information content (AvgIpc) is 2.97. The van der Waals surface area contributed by atoms with Gasteiger partial charge < -0.3 is 20.0 Å². The van der Waals surface area contributed by atoms with Crippen molar-refractivity contribution >= 4 is 12.1 Å². The van der Waals surface area contributed by atoms with Crippen LogP contribution in [0.4, 0.5) is 4.79 Å². The first-order valence-electron chi connectivity index (χ1n) is 8.94. The largest absolute Gasteiger partial charge is 1.00 e. The first kappa shape index (κ1) is 21.5. The van der Waals surface area contributed by atoms with E-state index in [0.717, 1.165) is 28.7 Å². The average molecular weight is 375 g/mol. The third-order valence-electron chi connectivity index (χ3n) is 4.77. The van der Waals surface area contributed by atoms with Crippen molar-refractivity contribution in [2.75, 3.05) is 6.61 Å². The molecule has 1 aliphatic carbocycles. The van der Waals surface area contributed by atoms with Gasteiger partial charge in [0.05, 0.1) is 12.0 Å². The second-order valence-electron chi connectivity index (χ2n) is 6.48. The molecule has 5 nitrogen and oxygen atoms in total. The van der Waals surface area contributed by atoms with Crippen molar-refractivity contribution in [2.45, 2.75) is 38.1 Å². The molecule has 2 aromatic rings. The summed E-state index contributed by atoms with van der Waals surface area (Å²) in [6, 6.07) is 15.1. The van der Waals surface area contributed by atoms with Crippen molar-refractivity contribution < 1.29 is 49.0 Å². The normalized spacial score (nSPS) is 13.1. The van der Waals surface area contributed by atoms with E-state index in [1.807, 2.05) is 43.3 Å². The number of carboxylic acid groups (broad SMARTS) is 1. The predicted octanol–water partition coefficient (Wildman–Crippen LogP) is -0.162. The van der Waals surface area contributed by atoms with Gasteiger partial charge in [-0.1, -0.05) is 68.3 Å². The summed E-state index contributed by atoms with van der Waals surface area (Å²) in [7, 11) is 0. The summed E-state index contributed by atoms with van der Waals surface area (Å²) in [6.45, 7) is 2.12. The van der Waals surface area contributed by atoms with Gasteiger partial charge in [0.2, 0.25) is 0 Å². The van der Waals surface area contributed by atoms with Gasteiger partial charge in [-0.2, -0.15) is 0 Å². The van der Waals surface area contributed by atoms with Gasteiger partial charge in [-0.3, -0.25) is 0 Å². The van der Waals surface area contributed by atoms with Crippen molar-refractivity contribution in [1.82, 2.24) is 5.32 Å². The number of amides is 1. The number of nitrogens with one attached hydrogen (secondary N) is 1. The van der Waals surface area contributed by atoms with E-state index in [-0.39, 0.29) is 42.1 Å². The summed E-state index contributed by atoms with van der Waals surface area (Å²) >= 11 is 0. The topological polar surface area (TPSA) is 78.5 Å². The molecule has 3 rings (SSSR count). The zero-order chi connectivity index (χ0) is 18.5. The van der Waals surface area contributed by atoms with E-state index in [4.69, 9.17) is 4.74 Å². The monoisotopic (exact) mass is 375 g/mol. The van der Waals surface area contributed by atoms with Crippen LogP contribution in [0.5, 0.6) is 0 Å². The molecule has 0 unspecified atom stereocenters. The molecule has 0 aromatic heterocycles. The van der Waals surface area contributed by atoms with Crippen molar-refractivity contribution in [3.63, 3.8) is 0 Å². The Hall–Kier alpha value is -1.82. The van der Waals surface area contributed by atoms with Crippen molar-refractivity contribution in [3.8, 4) is 11.1 Å². The summed E-state index contributed by atoms with van der Waals surface area (Å²) in [4.78, 5) is 23.2. The molecule has 136 valence electrons. The zero-order valence-corrected chi connectivity index (χ0v) is 17.7. The number of carbonyl (C=O) groups is 2. The first-order valence-corrected chi connectivity index (χ1v) is 8.94. The van der Waals surface area contributed by atoms with E-state index in [1.54, 1.807) is 0 Å². The van der Waals surface area contributed by atoms with E-state index >= 15 is 0 Å². The predicted molar refractivity (Wildman–Crippen MR) is 96.5 cm³/mol. The van der Waals surface area contributed by atoms with Gasteiger partial charge in [-0.05, 0) is 28.7 Å². The van der Waals surface area contributed by atoms with Crippen LogP contribution in [-0.4, -0.2) is 24.7 Å². The molecule has 0 saturated carbocycles. The molecule has 1 aliphatic rings. The van der Waals surface area contributed by atoms with Gasteiger partial charge in [0, 0.05) is 5.92 Å². The molecule has 0 aliphatic heterocycles. The molecule has 0 heterocycles. The summed E-state index contributed by atoms with van der Waals surface area (Å²) in [5, 5.41) is 13.5. The van der Waals surface area contributed by atoms with E-state index in [9.17, 15) is 14.7 Å². The van der Waals surface area contributed by atoms with E-state index in [1.165, 1.54) is 0 Å². The van der Waals surface area contributed by atoms with Crippen molar-refractivity contribution in [2.24, 2.45) is 0 Å². The van der Waals surface area contributed by atoms with Gasteiger partial charge in [0.25, 0.3) is 0 Å². The molecule has 6 heteroatoms. The Morgan fingerprint density at radius 2 is 1.63 bits per heavy atom. The van der Waals surface area contributed by atoms with E-state index in [2.05, 4.69) is 17.4 Å². The number of rotatable bonds is 7. The summed E-state index contributed by atoms with van der Waals surface area (Å²) in [6.07, 6.45) is 1.15. The molecule has 0 fully saturated rings. The Balaban J connectivity index is 0.00000261. The van der Waals surface area contributed by atoms with Gasteiger partial charge in [-0.15, -0.1) is 0 Å². The number of carboxylic acids is 1. The van der Waals surface area contributed by atoms with E-state index in [0.29, 0.717) is 12.8 Å². The van der Waals surface area contributed by atoms with Gasteiger partial charge in [0.15, 0.2) is 0 Å². The SMILES string of the molecule is CCCC[C@H](NC(=O)OCC1c2ccccc2-c2ccccc21)C(=O)[O-].[Na+]. The van der Waals surface area contributed by atoms with Gasteiger partial charge in [0.1, 0.15) is 6.61 Å². The van der Waals surface area contributed by atoms with Crippen LogP contribution in [0.3, 0.4) is 0 Å². The number of ether oxygens (including phenoxy) is 1. The van der Waals surface area contributed by atoms with Gasteiger partial charge >= 0.3 is 35.7 Å². The minimum Gasteiger partial charge on any atom is -0.548 e. The molecular formula is C21H22NNaO4. The fourth-order valence-electron chi connectivity index (χ4n) is 3.44. The number of hydrogen-bond donors (Lipinski definition) is 1. The van der Waals surface area contributed by atoms with Crippen LogP contribution < -0.4 is 40.0 Å². The van der Waals surface area contributed by atoms with Crippen molar-refractivity contribution in [1.29, 1.82) is 0 Å². The maximum Gasteiger partial charge on any atom is 1.00 e. The molecular weight excluding hydrogens is 353 g/mol. The molecule has 1 amide bonds. The maximum atomic E-state index is 12.1. The second kappa shape index (κ2) is 9.93. The Morgan fingerprint density at radius 1 is 1.07 bits per heavy atom. The fourth-order valence-corrected chi connectivity index (χ4v) is 3.44. The summed E-state index contributed by atoms with van der Waals surface area (Å²) < 4.78 is 5.36. The second-order valence-corrected chi connectivity index (χ2v) is 6.48. The van der Waals surface area contributed by atoms with Crippen LogP contribution in [-0.2, 0) is 9.53 Å². The number of hydrogen-bond acceptors (Lipinski definition) is 4. The molecule has 2 aromatic carbocycles. The summed E-state index contributed by atoms with van der Waals surface area (Å²) in [5.74, 6) is -1.34. The number of benzene rings is 2. The standard InChI is InChI=1S/C21H23NO4.Na/c1-2-3-12-19(20(23)24)22-21(25)26-13-18-16-10-6-4-8-14(16)15-9-5-7-11-17(15)18;/h4-11,18-19H,2-3,12-13H2,1H3,(H,22,25)(H,23,24);/q;+1/p-1/t19-;/m0./s1. The minimum atomic E-state index is -1.29. The van der Waals surface area contributed by atoms with Crippen LogP contribution in [0.25, 0.3) is 11.1 Å². The molecule has 1 N–H and O–H groups in total. The Kier molecular flexibility index (Phi) is 7.90. The third kappa shape index (κ3) is 4.92. The molecule has 0 saturated heterocycles. The Morgan fingerprint density at radius 3 is 2.15 bits per heavy atom. The number of fused-ring (bicyclic) bond motifs is 3. The molecule has 1 atom stereocenters. The number of unbranched alkanes of at least 4 members (excludes halogenated alkanes) is 1. The fraction of sp³-hybridized carbons (Fsp3) is 0.333. The smallest absolute Gasteiger partial charge is 0.548 e. The van der Waals surface area contributed by atoms with Crippen molar-refractivity contribution in [3.05, 3.63) is 59.7 Å². The van der Waals surface area contributed by atoms with E-state index < -0.39 is 18.1 Å². The van der Waals surface area contributed by atoms with Gasteiger partial charge in [-0.25, -0.2) is 4.79 Å². The minimum absolute atomic E-state index is 0. The van der Waals surface area contributed by atoms with Crippen LogP contribution in [0, 0.1) is 0 Å². The quantitative estimate of drug-likeness (QED) is 0.682. The molecule has 27 heavy (non-hydrogen) atoms. The Bertz CT molecular complexity index is 763. The number of carbonyl (C=O) groups excluding carboxylic acids is 2. The van der Waals surface area contributed by atoms with Crippen LogP contribution in [0.15, 0.2) is 48.5 Å². The van der Waals surface area contributed by atoms with Crippen LogP contribution in [0.2, 0.25) is 0 Å². The molecule has 0 radical (unpaired) electrons. The molecule has 0 spiro atoms. The number of aliphatic carboxylic acids is 1. The molecule has 0 bridgehead atoms. The Labute approximate surface area is 181 Å². The van der Waals surface area contributed by atoms with Crippen LogP contribution in [0.1, 0.15) is 43.2 Å². The third-order valence-corrected chi connectivity index (χ3v) is 4.77. The summed E-state index contributed by atoms with van der Waals surface area (Å²) in [5.41, 5.74) is 4.52. The maximum absolute atomic E-state index is 12.1.